The van der Waals surface area contributed by atoms with Crippen LogP contribution in [0.3, 0.4) is 0 Å². The van der Waals surface area contributed by atoms with E-state index in [1.54, 1.807) is 38.1 Å². The molecule has 2 N–H and O–H groups in total. The SMILES string of the molecule is Cc1nc(C(NC(=O)[C@H]2C[C@@H](C)[C@H](C(=O)O)O2)c2ccc(Cl)cc2)no1. The van der Waals surface area contributed by atoms with E-state index in [9.17, 15) is 9.59 Å². The van der Waals surface area contributed by atoms with Gasteiger partial charge in [-0.3, -0.25) is 4.79 Å². The second-order valence-electron chi connectivity index (χ2n) is 6.26. The van der Waals surface area contributed by atoms with Gasteiger partial charge in [0.25, 0.3) is 0 Å². The fourth-order valence-corrected chi connectivity index (χ4v) is 3.04. The largest absolute Gasteiger partial charge is 0.479 e. The zero-order valence-corrected chi connectivity index (χ0v) is 14.9. The molecule has 1 aromatic carbocycles. The number of carbonyl (C=O) groups excluding carboxylic acids is 1. The summed E-state index contributed by atoms with van der Waals surface area (Å²) in [6.45, 7) is 3.39. The zero-order chi connectivity index (χ0) is 18.8. The fourth-order valence-electron chi connectivity index (χ4n) is 2.92. The van der Waals surface area contributed by atoms with Crippen LogP contribution in [0.15, 0.2) is 28.8 Å². The molecule has 1 aliphatic heterocycles. The Kier molecular flexibility index (Phi) is 5.24. The summed E-state index contributed by atoms with van der Waals surface area (Å²) in [7, 11) is 0. The Morgan fingerprint density at radius 1 is 1.35 bits per heavy atom. The number of hydrogen-bond donors (Lipinski definition) is 2. The number of amides is 1. The van der Waals surface area contributed by atoms with E-state index in [0.717, 1.165) is 0 Å². The Morgan fingerprint density at radius 2 is 2.04 bits per heavy atom. The van der Waals surface area contributed by atoms with Crippen molar-refractivity contribution in [2.24, 2.45) is 5.92 Å². The predicted octanol–water partition coefficient (Wildman–Crippen LogP) is 2.12. The number of hydrogen-bond acceptors (Lipinski definition) is 6. The van der Waals surface area contributed by atoms with Gasteiger partial charge in [0.1, 0.15) is 12.1 Å². The van der Waals surface area contributed by atoms with E-state index in [4.69, 9.17) is 26.0 Å². The van der Waals surface area contributed by atoms with E-state index in [1.165, 1.54) is 0 Å². The molecule has 2 heterocycles. The topological polar surface area (TPSA) is 115 Å². The van der Waals surface area contributed by atoms with Gasteiger partial charge in [-0.2, -0.15) is 4.98 Å². The van der Waals surface area contributed by atoms with Gasteiger partial charge in [0, 0.05) is 11.9 Å². The first-order valence-electron chi connectivity index (χ1n) is 8.09. The highest BCUT2D eigenvalue weighted by Crippen LogP contribution is 2.28. The molecule has 3 rings (SSSR count). The first-order chi connectivity index (χ1) is 12.3. The van der Waals surface area contributed by atoms with Crippen LogP contribution in [-0.4, -0.2) is 39.3 Å². The van der Waals surface area contributed by atoms with Gasteiger partial charge in [-0.05, 0) is 30.0 Å². The number of ether oxygens (including phenoxy) is 1. The van der Waals surface area contributed by atoms with Crippen molar-refractivity contribution in [1.82, 2.24) is 15.5 Å². The summed E-state index contributed by atoms with van der Waals surface area (Å²) in [5, 5.41) is 16.4. The molecule has 0 spiro atoms. The van der Waals surface area contributed by atoms with Crippen molar-refractivity contribution in [1.29, 1.82) is 0 Å². The number of rotatable bonds is 5. The molecule has 1 unspecified atom stereocenters. The molecule has 4 atom stereocenters. The van der Waals surface area contributed by atoms with Gasteiger partial charge in [-0.25, -0.2) is 4.79 Å². The Bertz CT molecular complexity index is 807. The third kappa shape index (κ3) is 3.86. The van der Waals surface area contributed by atoms with Crippen molar-refractivity contribution < 1.29 is 24.0 Å². The number of halogens is 1. The van der Waals surface area contributed by atoms with Crippen LogP contribution in [0.2, 0.25) is 5.02 Å². The van der Waals surface area contributed by atoms with Crippen LogP contribution in [-0.2, 0) is 14.3 Å². The van der Waals surface area contributed by atoms with Crippen molar-refractivity contribution in [2.45, 2.75) is 38.5 Å². The normalized spacial score (nSPS) is 23.6. The molecule has 1 aliphatic rings. The minimum atomic E-state index is -1.07. The molecule has 1 saturated heterocycles. The molecule has 2 aromatic rings. The van der Waals surface area contributed by atoms with Crippen LogP contribution in [0.4, 0.5) is 0 Å². The smallest absolute Gasteiger partial charge is 0.333 e. The fraction of sp³-hybridized carbons (Fsp3) is 0.412. The summed E-state index contributed by atoms with van der Waals surface area (Å²) in [6.07, 6.45) is -1.53. The molecule has 8 nitrogen and oxygen atoms in total. The number of aromatic nitrogens is 2. The summed E-state index contributed by atoms with van der Waals surface area (Å²) in [5.74, 6) is -1.10. The molecule has 26 heavy (non-hydrogen) atoms. The minimum Gasteiger partial charge on any atom is -0.479 e. The second kappa shape index (κ2) is 7.43. The first-order valence-corrected chi connectivity index (χ1v) is 8.47. The van der Waals surface area contributed by atoms with Gasteiger partial charge >= 0.3 is 5.97 Å². The standard InChI is InChI=1S/C17H18ClN3O5/c1-8-7-12(25-14(8)17(23)24)16(22)20-13(15-19-9(2)26-21-15)10-3-5-11(18)6-4-10/h3-6,8,12-14H,7H2,1-2H3,(H,20,22)(H,23,24)/t8-,12-,13?,14-/m1/s1. The van der Waals surface area contributed by atoms with Gasteiger partial charge in [0.15, 0.2) is 11.9 Å². The first kappa shape index (κ1) is 18.3. The monoisotopic (exact) mass is 379 g/mol. The summed E-state index contributed by atoms with van der Waals surface area (Å²) >= 11 is 5.92. The maximum atomic E-state index is 12.6. The molecule has 0 radical (unpaired) electrons. The van der Waals surface area contributed by atoms with Crippen LogP contribution in [0.25, 0.3) is 0 Å². The number of aryl methyl sites for hydroxylation is 1. The number of nitrogens with one attached hydrogen (secondary N) is 1. The predicted molar refractivity (Wildman–Crippen MR) is 90.6 cm³/mol. The maximum Gasteiger partial charge on any atom is 0.333 e. The van der Waals surface area contributed by atoms with Gasteiger partial charge in [-0.1, -0.05) is 35.8 Å². The van der Waals surface area contributed by atoms with E-state index in [2.05, 4.69) is 15.5 Å². The van der Waals surface area contributed by atoms with E-state index in [-0.39, 0.29) is 5.92 Å². The van der Waals surface area contributed by atoms with Crippen LogP contribution < -0.4 is 5.32 Å². The molecular weight excluding hydrogens is 362 g/mol. The minimum absolute atomic E-state index is 0.260. The van der Waals surface area contributed by atoms with Crippen molar-refractivity contribution in [3.63, 3.8) is 0 Å². The molecule has 0 saturated carbocycles. The lowest BCUT2D eigenvalue weighted by atomic mass is 10.0. The quantitative estimate of drug-likeness (QED) is 0.817. The maximum absolute atomic E-state index is 12.6. The molecule has 138 valence electrons. The van der Waals surface area contributed by atoms with Gasteiger partial charge in [-0.15, -0.1) is 0 Å². The molecule has 1 aromatic heterocycles. The lowest BCUT2D eigenvalue weighted by molar-refractivity contribution is -0.153. The highest BCUT2D eigenvalue weighted by atomic mass is 35.5. The van der Waals surface area contributed by atoms with Crippen molar-refractivity contribution in [3.05, 3.63) is 46.6 Å². The molecule has 1 fully saturated rings. The van der Waals surface area contributed by atoms with E-state index < -0.39 is 30.1 Å². The highest BCUT2D eigenvalue weighted by Gasteiger charge is 2.41. The number of carboxylic acids is 1. The lowest BCUT2D eigenvalue weighted by Crippen LogP contribution is -2.38. The number of carboxylic acid groups (broad SMARTS) is 1. The summed E-state index contributed by atoms with van der Waals surface area (Å²) < 4.78 is 10.4. The van der Waals surface area contributed by atoms with E-state index in [1.807, 2.05) is 0 Å². The third-order valence-corrected chi connectivity index (χ3v) is 4.49. The van der Waals surface area contributed by atoms with E-state index >= 15 is 0 Å². The Balaban J connectivity index is 1.81. The highest BCUT2D eigenvalue weighted by molar-refractivity contribution is 6.30. The van der Waals surface area contributed by atoms with Gasteiger partial charge in [0.05, 0.1) is 0 Å². The average Bonchev–Trinajstić information content (AvgIpc) is 3.19. The molecule has 0 bridgehead atoms. The average molecular weight is 380 g/mol. The number of aliphatic carboxylic acids is 1. The van der Waals surface area contributed by atoms with Crippen molar-refractivity contribution in [2.75, 3.05) is 0 Å². The Hall–Kier alpha value is -2.45. The molecule has 0 aliphatic carbocycles. The summed E-state index contributed by atoms with van der Waals surface area (Å²) in [6, 6.07) is 6.21. The number of carbonyl (C=O) groups is 2. The summed E-state index contributed by atoms with van der Waals surface area (Å²) in [5.41, 5.74) is 0.712. The summed E-state index contributed by atoms with van der Waals surface area (Å²) in [4.78, 5) is 28.0. The molecule has 1 amide bonds. The Labute approximate surface area is 154 Å². The molecular formula is C17H18ClN3O5. The lowest BCUT2D eigenvalue weighted by Gasteiger charge is -2.18. The van der Waals surface area contributed by atoms with Crippen LogP contribution in [0, 0.1) is 12.8 Å². The van der Waals surface area contributed by atoms with Crippen LogP contribution in [0.1, 0.15) is 36.7 Å². The molecule has 9 heteroatoms. The van der Waals surface area contributed by atoms with Crippen LogP contribution in [0.5, 0.6) is 0 Å². The van der Waals surface area contributed by atoms with Gasteiger partial charge in [0.2, 0.25) is 11.8 Å². The Morgan fingerprint density at radius 3 is 2.58 bits per heavy atom. The van der Waals surface area contributed by atoms with Gasteiger partial charge < -0.3 is 19.7 Å². The van der Waals surface area contributed by atoms with Crippen molar-refractivity contribution >= 4 is 23.5 Å². The third-order valence-electron chi connectivity index (χ3n) is 4.24. The number of nitrogens with zero attached hydrogens (tertiary/aromatic N) is 2. The van der Waals surface area contributed by atoms with Crippen molar-refractivity contribution in [3.8, 4) is 0 Å². The number of benzene rings is 1. The van der Waals surface area contributed by atoms with E-state index in [0.29, 0.717) is 28.7 Å². The van der Waals surface area contributed by atoms with Crippen LogP contribution >= 0.6 is 11.6 Å². The second-order valence-corrected chi connectivity index (χ2v) is 6.70. The zero-order valence-electron chi connectivity index (χ0n) is 14.2.